The summed E-state index contributed by atoms with van der Waals surface area (Å²) in [6, 6.07) is 3.49. The summed E-state index contributed by atoms with van der Waals surface area (Å²) in [7, 11) is 3.73. The Balaban J connectivity index is 0.00000288. The van der Waals surface area contributed by atoms with Crippen molar-refractivity contribution in [2.45, 2.75) is 13.5 Å². The number of aromatic nitrogens is 2. The summed E-state index contributed by atoms with van der Waals surface area (Å²) in [5.74, 6) is 1.35. The molecule has 0 fully saturated rings. The van der Waals surface area contributed by atoms with Crippen molar-refractivity contribution in [2.24, 2.45) is 4.99 Å². The van der Waals surface area contributed by atoms with E-state index in [-0.39, 0.29) is 24.0 Å². The minimum atomic E-state index is 0. The minimum Gasteiger partial charge on any atom is -0.476 e. The molecular weight excluding hydrogens is 461 g/mol. The van der Waals surface area contributed by atoms with E-state index in [0.717, 1.165) is 16.7 Å². The van der Waals surface area contributed by atoms with Crippen LogP contribution in [0.15, 0.2) is 28.7 Å². The highest BCUT2D eigenvalue weighted by Crippen LogP contribution is 2.11. The molecule has 1 N–H and O–H groups in total. The predicted molar refractivity (Wildman–Crippen MR) is 110 cm³/mol. The van der Waals surface area contributed by atoms with Crippen LogP contribution in [0.5, 0.6) is 5.88 Å². The van der Waals surface area contributed by atoms with Crippen LogP contribution in [0, 0.1) is 6.92 Å². The molecule has 0 spiro atoms. The van der Waals surface area contributed by atoms with Gasteiger partial charge in [-0.05, 0) is 13.0 Å². The van der Waals surface area contributed by atoms with Gasteiger partial charge < -0.3 is 15.0 Å². The Labute approximate surface area is 168 Å². The third-order valence-electron chi connectivity index (χ3n) is 2.97. The van der Waals surface area contributed by atoms with Gasteiger partial charge in [-0.2, -0.15) is 0 Å². The first-order valence-electron chi connectivity index (χ1n) is 7.15. The van der Waals surface area contributed by atoms with Gasteiger partial charge in [-0.3, -0.25) is 4.99 Å². The number of ether oxygens (including phenoxy) is 1. The molecule has 24 heavy (non-hydrogen) atoms. The Hall–Kier alpha value is -1.13. The van der Waals surface area contributed by atoms with E-state index in [9.17, 15) is 0 Å². The second-order valence-electron chi connectivity index (χ2n) is 4.85. The lowest BCUT2D eigenvalue weighted by molar-refractivity contribution is 0.307. The van der Waals surface area contributed by atoms with Crippen molar-refractivity contribution in [3.63, 3.8) is 0 Å². The zero-order chi connectivity index (χ0) is 16.7. The largest absolute Gasteiger partial charge is 0.476 e. The molecule has 0 aliphatic rings. The number of halogens is 2. The predicted octanol–water partition coefficient (Wildman–Crippen LogP) is 3.20. The zero-order valence-corrected chi connectivity index (χ0v) is 17.7. The summed E-state index contributed by atoms with van der Waals surface area (Å²) < 4.78 is 5.54. The molecule has 2 aromatic heterocycles. The lowest BCUT2D eigenvalue weighted by atomic mass is 10.4. The highest BCUT2D eigenvalue weighted by Gasteiger charge is 2.08. The van der Waals surface area contributed by atoms with Crippen LogP contribution in [-0.2, 0) is 6.54 Å². The number of aliphatic imine (C=N–C) groups is 1. The normalized spacial score (nSPS) is 10.9. The average molecular weight is 482 g/mol. The van der Waals surface area contributed by atoms with Crippen LogP contribution in [0.2, 0.25) is 5.02 Å². The molecule has 0 aliphatic heterocycles. The van der Waals surface area contributed by atoms with E-state index in [1.54, 1.807) is 36.7 Å². The molecule has 0 radical (unpaired) electrons. The summed E-state index contributed by atoms with van der Waals surface area (Å²) in [4.78, 5) is 14.8. The van der Waals surface area contributed by atoms with Gasteiger partial charge in [0.25, 0.3) is 0 Å². The Morgan fingerprint density at radius 3 is 2.83 bits per heavy atom. The number of nitrogens with one attached hydrogen (secondary N) is 1. The SMILES string of the molecule is CN=C(NCCOc1ccc(Cl)cn1)N(C)Cc1csc(C)n1.I. The maximum absolute atomic E-state index is 5.78. The number of pyridine rings is 1. The Morgan fingerprint density at radius 2 is 2.25 bits per heavy atom. The van der Waals surface area contributed by atoms with Crippen LogP contribution in [0.3, 0.4) is 0 Å². The molecule has 132 valence electrons. The molecule has 0 unspecified atom stereocenters. The molecule has 0 bridgehead atoms. The first-order chi connectivity index (χ1) is 11.1. The van der Waals surface area contributed by atoms with Crippen LogP contribution < -0.4 is 10.1 Å². The number of aryl methyl sites for hydroxylation is 1. The van der Waals surface area contributed by atoms with Gasteiger partial charge >= 0.3 is 0 Å². The molecule has 0 amide bonds. The summed E-state index contributed by atoms with van der Waals surface area (Å²) in [6.45, 7) is 3.82. The molecule has 0 saturated heterocycles. The molecule has 0 atom stereocenters. The fourth-order valence-corrected chi connectivity index (χ4v) is 2.67. The monoisotopic (exact) mass is 481 g/mol. The average Bonchev–Trinajstić information content (AvgIpc) is 2.94. The van der Waals surface area contributed by atoms with Crippen LogP contribution in [0.25, 0.3) is 0 Å². The first kappa shape index (κ1) is 20.9. The van der Waals surface area contributed by atoms with Gasteiger partial charge in [0.1, 0.15) is 6.61 Å². The van der Waals surface area contributed by atoms with Crippen molar-refractivity contribution >= 4 is 52.9 Å². The molecule has 2 heterocycles. The van der Waals surface area contributed by atoms with E-state index in [4.69, 9.17) is 16.3 Å². The number of thiazole rings is 1. The maximum atomic E-state index is 5.78. The Kier molecular flexibility index (Phi) is 9.30. The van der Waals surface area contributed by atoms with Gasteiger partial charge in [0.15, 0.2) is 5.96 Å². The van der Waals surface area contributed by atoms with Crippen LogP contribution >= 0.6 is 46.9 Å². The van der Waals surface area contributed by atoms with Gasteiger partial charge in [-0.15, -0.1) is 35.3 Å². The fourth-order valence-electron chi connectivity index (χ4n) is 1.95. The number of guanidine groups is 1. The summed E-state index contributed by atoms with van der Waals surface area (Å²) >= 11 is 7.43. The lowest BCUT2D eigenvalue weighted by Gasteiger charge is -2.21. The van der Waals surface area contributed by atoms with Gasteiger partial charge in [-0.1, -0.05) is 11.6 Å². The lowest BCUT2D eigenvalue weighted by Crippen LogP contribution is -2.40. The van der Waals surface area contributed by atoms with Gasteiger partial charge in [-0.25, -0.2) is 9.97 Å². The van der Waals surface area contributed by atoms with Crippen molar-refractivity contribution < 1.29 is 4.74 Å². The molecule has 0 aromatic carbocycles. The van der Waals surface area contributed by atoms with Crippen LogP contribution in [0.4, 0.5) is 0 Å². The van der Waals surface area contributed by atoms with Crippen molar-refractivity contribution in [1.82, 2.24) is 20.2 Å². The standard InChI is InChI=1S/C15H20ClN5OS.HI/c1-11-20-13(10-23-11)9-21(3)15(17-2)18-6-7-22-14-5-4-12(16)8-19-14;/h4-5,8,10H,6-7,9H2,1-3H3,(H,17,18);1H. The first-order valence-corrected chi connectivity index (χ1v) is 8.41. The molecule has 6 nitrogen and oxygen atoms in total. The smallest absolute Gasteiger partial charge is 0.213 e. The second kappa shape index (κ2) is 10.7. The summed E-state index contributed by atoms with van der Waals surface area (Å²) in [6.07, 6.45) is 1.56. The zero-order valence-electron chi connectivity index (χ0n) is 13.8. The molecule has 9 heteroatoms. The van der Waals surface area contributed by atoms with Crippen molar-refractivity contribution in [3.8, 4) is 5.88 Å². The van der Waals surface area contributed by atoms with Crippen molar-refractivity contribution in [1.29, 1.82) is 0 Å². The maximum Gasteiger partial charge on any atom is 0.213 e. The number of hydrogen-bond acceptors (Lipinski definition) is 5. The van der Waals surface area contributed by atoms with Crippen molar-refractivity contribution in [3.05, 3.63) is 39.4 Å². The van der Waals surface area contributed by atoms with Crippen LogP contribution in [-0.4, -0.2) is 48.1 Å². The van der Waals surface area contributed by atoms with E-state index < -0.39 is 0 Å². The van der Waals surface area contributed by atoms with E-state index in [1.165, 1.54) is 0 Å². The number of hydrogen-bond donors (Lipinski definition) is 1. The van der Waals surface area contributed by atoms with E-state index in [1.807, 2.05) is 18.9 Å². The molecule has 0 saturated carbocycles. The topological polar surface area (TPSA) is 62.6 Å². The summed E-state index contributed by atoms with van der Waals surface area (Å²) in [5, 5.41) is 6.98. The van der Waals surface area contributed by atoms with E-state index in [2.05, 4.69) is 25.7 Å². The third kappa shape index (κ3) is 6.78. The highest BCUT2D eigenvalue weighted by molar-refractivity contribution is 14.0. The van der Waals surface area contributed by atoms with Gasteiger partial charge in [0.2, 0.25) is 5.88 Å². The molecule has 0 aliphatic carbocycles. The van der Waals surface area contributed by atoms with Gasteiger partial charge in [0, 0.05) is 31.7 Å². The van der Waals surface area contributed by atoms with Crippen LogP contribution in [0.1, 0.15) is 10.7 Å². The molecule has 2 rings (SSSR count). The Morgan fingerprint density at radius 1 is 1.46 bits per heavy atom. The fraction of sp³-hybridized carbons (Fsp3) is 0.400. The van der Waals surface area contributed by atoms with Gasteiger partial charge in [0.05, 0.1) is 28.8 Å². The highest BCUT2D eigenvalue weighted by atomic mass is 127. The second-order valence-corrected chi connectivity index (χ2v) is 6.35. The third-order valence-corrected chi connectivity index (χ3v) is 4.02. The number of rotatable bonds is 6. The van der Waals surface area contributed by atoms with Crippen molar-refractivity contribution in [2.75, 3.05) is 27.2 Å². The van der Waals surface area contributed by atoms with E-state index >= 15 is 0 Å². The summed E-state index contributed by atoms with van der Waals surface area (Å²) in [5.41, 5.74) is 1.04. The Bertz CT molecular complexity index is 650. The molecule has 2 aromatic rings. The number of nitrogens with zero attached hydrogens (tertiary/aromatic N) is 4. The van der Waals surface area contributed by atoms with E-state index in [0.29, 0.717) is 30.6 Å². The minimum absolute atomic E-state index is 0. The molecular formula is C15H21ClIN5OS. The quantitative estimate of drug-likeness (QED) is 0.297.